The third-order valence-corrected chi connectivity index (χ3v) is 2.97. The Balaban J connectivity index is 2.79. The molecular weight excluding hydrogens is 260 g/mol. The van der Waals surface area contributed by atoms with Gasteiger partial charge in [0.2, 0.25) is 0 Å². The van der Waals surface area contributed by atoms with Crippen molar-refractivity contribution in [3.63, 3.8) is 0 Å². The quantitative estimate of drug-likeness (QED) is 0.742. The van der Waals surface area contributed by atoms with Crippen LogP contribution in [-0.2, 0) is 0 Å². The summed E-state index contributed by atoms with van der Waals surface area (Å²) in [7, 11) is 0. The van der Waals surface area contributed by atoms with E-state index in [4.69, 9.17) is 10.2 Å². The van der Waals surface area contributed by atoms with E-state index < -0.39 is 5.97 Å². The molecule has 0 aromatic heterocycles. The Bertz CT molecular complexity index is 488. The van der Waals surface area contributed by atoms with Gasteiger partial charge < -0.3 is 20.4 Å². The highest BCUT2D eigenvalue weighted by Gasteiger charge is 2.13. The van der Waals surface area contributed by atoms with Gasteiger partial charge in [-0.25, -0.2) is 9.59 Å². The van der Waals surface area contributed by atoms with Crippen LogP contribution in [0.15, 0.2) is 18.2 Å². The minimum Gasteiger partial charge on any atom is -0.478 e. The average Bonchev–Trinajstić information content (AvgIpc) is 2.41. The Morgan fingerprint density at radius 1 is 1.35 bits per heavy atom. The molecule has 110 valence electrons. The van der Waals surface area contributed by atoms with E-state index in [0.717, 1.165) is 0 Å². The number of anilines is 1. The first-order valence-electron chi connectivity index (χ1n) is 6.50. The van der Waals surface area contributed by atoms with Gasteiger partial charge in [0.25, 0.3) is 0 Å². The largest absolute Gasteiger partial charge is 0.478 e. The van der Waals surface area contributed by atoms with Crippen LogP contribution in [0.4, 0.5) is 10.5 Å². The van der Waals surface area contributed by atoms with Gasteiger partial charge in [-0.2, -0.15) is 0 Å². The number of nitrogens with one attached hydrogen (secondary N) is 1. The van der Waals surface area contributed by atoms with E-state index in [1.54, 1.807) is 24.0 Å². The SMILES string of the molecule is CCN(CCCO)C(=O)Nc1ccc(C)c(C(=O)O)c1. The van der Waals surface area contributed by atoms with Crippen molar-refractivity contribution in [2.24, 2.45) is 0 Å². The summed E-state index contributed by atoms with van der Waals surface area (Å²) >= 11 is 0. The fourth-order valence-corrected chi connectivity index (χ4v) is 1.80. The Kier molecular flexibility index (Phi) is 5.99. The number of aromatic carboxylic acids is 1. The molecule has 0 saturated carbocycles. The molecule has 2 amide bonds. The maximum absolute atomic E-state index is 12.0. The van der Waals surface area contributed by atoms with E-state index in [-0.39, 0.29) is 18.2 Å². The molecule has 0 heterocycles. The molecule has 0 spiro atoms. The highest BCUT2D eigenvalue weighted by molar-refractivity contribution is 5.94. The topological polar surface area (TPSA) is 89.9 Å². The maximum atomic E-state index is 12.0. The highest BCUT2D eigenvalue weighted by Crippen LogP contribution is 2.16. The summed E-state index contributed by atoms with van der Waals surface area (Å²) in [6, 6.07) is 4.46. The first-order chi connectivity index (χ1) is 9.49. The number of nitrogens with zero attached hydrogens (tertiary/aromatic N) is 1. The molecule has 1 aromatic rings. The third kappa shape index (κ3) is 4.24. The van der Waals surface area contributed by atoms with Gasteiger partial charge in [0.05, 0.1) is 5.56 Å². The van der Waals surface area contributed by atoms with Gasteiger partial charge in [0.15, 0.2) is 0 Å². The minimum absolute atomic E-state index is 0.0253. The van der Waals surface area contributed by atoms with Crippen molar-refractivity contribution in [2.75, 3.05) is 25.0 Å². The first-order valence-corrected chi connectivity index (χ1v) is 6.50. The summed E-state index contributed by atoms with van der Waals surface area (Å²) in [4.78, 5) is 24.6. The maximum Gasteiger partial charge on any atom is 0.336 e. The fourth-order valence-electron chi connectivity index (χ4n) is 1.80. The van der Waals surface area contributed by atoms with Crippen molar-refractivity contribution >= 4 is 17.7 Å². The summed E-state index contributed by atoms with van der Waals surface area (Å²) in [5, 5.41) is 20.5. The molecule has 6 nitrogen and oxygen atoms in total. The Morgan fingerprint density at radius 2 is 2.05 bits per heavy atom. The van der Waals surface area contributed by atoms with Gasteiger partial charge in [-0.05, 0) is 38.0 Å². The van der Waals surface area contributed by atoms with E-state index in [0.29, 0.717) is 30.8 Å². The Hall–Kier alpha value is -2.08. The zero-order valence-electron chi connectivity index (χ0n) is 11.7. The molecule has 1 aromatic carbocycles. The molecule has 0 unspecified atom stereocenters. The normalized spacial score (nSPS) is 10.2. The van der Waals surface area contributed by atoms with Crippen LogP contribution >= 0.6 is 0 Å². The highest BCUT2D eigenvalue weighted by atomic mass is 16.4. The number of benzene rings is 1. The van der Waals surface area contributed by atoms with Crippen LogP contribution in [0.5, 0.6) is 0 Å². The van der Waals surface area contributed by atoms with Crippen LogP contribution in [0.3, 0.4) is 0 Å². The number of aliphatic hydroxyl groups excluding tert-OH is 1. The van der Waals surface area contributed by atoms with Crippen LogP contribution in [0.2, 0.25) is 0 Å². The van der Waals surface area contributed by atoms with Gasteiger partial charge in [-0.1, -0.05) is 6.07 Å². The second-order valence-electron chi connectivity index (χ2n) is 4.42. The van der Waals surface area contributed by atoms with Gasteiger partial charge >= 0.3 is 12.0 Å². The van der Waals surface area contributed by atoms with Crippen molar-refractivity contribution in [1.82, 2.24) is 4.90 Å². The summed E-state index contributed by atoms with van der Waals surface area (Å²) < 4.78 is 0. The lowest BCUT2D eigenvalue weighted by atomic mass is 10.1. The lowest BCUT2D eigenvalue weighted by molar-refractivity contribution is 0.0696. The van der Waals surface area contributed by atoms with E-state index in [1.165, 1.54) is 6.07 Å². The standard InChI is InChI=1S/C14H20N2O4/c1-3-16(7-4-8-17)14(20)15-11-6-5-10(2)12(9-11)13(18)19/h5-6,9,17H,3-4,7-8H2,1-2H3,(H,15,20)(H,18,19). The van der Waals surface area contributed by atoms with E-state index >= 15 is 0 Å². The average molecular weight is 280 g/mol. The number of carbonyl (C=O) groups excluding carboxylic acids is 1. The number of hydrogen-bond acceptors (Lipinski definition) is 3. The summed E-state index contributed by atoms with van der Waals surface area (Å²) in [6.45, 7) is 4.54. The molecule has 0 aliphatic heterocycles. The van der Waals surface area contributed by atoms with Gasteiger partial charge in [-0.15, -0.1) is 0 Å². The summed E-state index contributed by atoms with van der Waals surface area (Å²) in [6.07, 6.45) is 0.509. The number of urea groups is 1. The molecule has 0 radical (unpaired) electrons. The van der Waals surface area contributed by atoms with Crippen LogP contribution < -0.4 is 5.32 Å². The van der Waals surface area contributed by atoms with Gasteiger partial charge in [0.1, 0.15) is 0 Å². The third-order valence-electron chi connectivity index (χ3n) is 2.97. The van der Waals surface area contributed by atoms with Crippen molar-refractivity contribution < 1.29 is 19.8 Å². The zero-order chi connectivity index (χ0) is 15.1. The number of hydrogen-bond donors (Lipinski definition) is 3. The van der Waals surface area contributed by atoms with Crippen molar-refractivity contribution in [3.05, 3.63) is 29.3 Å². The predicted molar refractivity (Wildman–Crippen MR) is 76.1 cm³/mol. The summed E-state index contributed by atoms with van der Waals surface area (Å²) in [5.74, 6) is -1.02. The van der Waals surface area contributed by atoms with Crippen LogP contribution in [0.1, 0.15) is 29.3 Å². The smallest absolute Gasteiger partial charge is 0.336 e. The van der Waals surface area contributed by atoms with Crippen LogP contribution in [0.25, 0.3) is 0 Å². The van der Waals surface area contributed by atoms with Gasteiger partial charge in [-0.3, -0.25) is 0 Å². The molecule has 0 fully saturated rings. The fraction of sp³-hybridized carbons (Fsp3) is 0.429. The monoisotopic (exact) mass is 280 g/mol. The molecule has 0 aliphatic carbocycles. The molecule has 0 atom stereocenters. The first kappa shape index (κ1) is 16.0. The Labute approximate surface area is 118 Å². The van der Waals surface area contributed by atoms with Crippen molar-refractivity contribution in [1.29, 1.82) is 0 Å². The number of carboxylic acid groups (broad SMARTS) is 1. The molecule has 0 bridgehead atoms. The molecule has 20 heavy (non-hydrogen) atoms. The number of carboxylic acids is 1. The zero-order valence-corrected chi connectivity index (χ0v) is 11.7. The van der Waals surface area contributed by atoms with E-state index in [1.807, 2.05) is 6.92 Å². The van der Waals surface area contributed by atoms with Crippen LogP contribution in [-0.4, -0.2) is 46.8 Å². The number of rotatable bonds is 6. The molecule has 3 N–H and O–H groups in total. The molecular formula is C14H20N2O4. The lowest BCUT2D eigenvalue weighted by Gasteiger charge is -2.21. The van der Waals surface area contributed by atoms with Crippen molar-refractivity contribution in [2.45, 2.75) is 20.3 Å². The molecule has 1 rings (SSSR count). The lowest BCUT2D eigenvalue weighted by Crippen LogP contribution is -2.35. The van der Waals surface area contributed by atoms with Crippen LogP contribution in [0, 0.1) is 6.92 Å². The molecule has 6 heteroatoms. The van der Waals surface area contributed by atoms with Crippen molar-refractivity contribution in [3.8, 4) is 0 Å². The molecule has 0 aliphatic rings. The molecule has 0 saturated heterocycles. The summed E-state index contributed by atoms with van der Waals surface area (Å²) in [5.41, 5.74) is 1.25. The van der Waals surface area contributed by atoms with Gasteiger partial charge in [0, 0.05) is 25.4 Å². The predicted octanol–water partition coefficient (Wildman–Crippen LogP) is 1.93. The number of aliphatic hydroxyl groups is 1. The number of amides is 2. The van der Waals surface area contributed by atoms with E-state index in [9.17, 15) is 9.59 Å². The number of aryl methyl sites for hydroxylation is 1. The van der Waals surface area contributed by atoms with E-state index in [2.05, 4.69) is 5.32 Å². The second kappa shape index (κ2) is 7.49. The Morgan fingerprint density at radius 3 is 2.60 bits per heavy atom. The second-order valence-corrected chi connectivity index (χ2v) is 4.42. The minimum atomic E-state index is -1.02. The number of carbonyl (C=O) groups is 2.